The molecular weight excluding hydrogens is 383 g/mol. The van der Waals surface area contributed by atoms with Crippen LogP contribution in [0.2, 0.25) is 10.0 Å². The van der Waals surface area contributed by atoms with Gasteiger partial charge >= 0.3 is 0 Å². The number of hydrogen-bond acceptors (Lipinski definition) is 0. The minimum absolute atomic E-state index is 0. The molecule has 0 radical (unpaired) electrons. The van der Waals surface area contributed by atoms with Crippen molar-refractivity contribution in [3.63, 3.8) is 0 Å². The second kappa shape index (κ2) is 7.82. The molecule has 5 heteroatoms. The first-order valence-corrected chi connectivity index (χ1v) is 7.49. The van der Waals surface area contributed by atoms with Gasteiger partial charge in [0.1, 0.15) is 25.5 Å². The highest BCUT2D eigenvalue weighted by Gasteiger charge is 2.09. The van der Waals surface area contributed by atoms with E-state index in [1.165, 1.54) is 0 Å². The van der Waals surface area contributed by atoms with Crippen molar-refractivity contribution in [3.8, 4) is 0 Å². The van der Waals surface area contributed by atoms with Crippen LogP contribution in [-0.4, -0.2) is 4.57 Å². The minimum Gasteiger partial charge on any atom is -1.00 e. The van der Waals surface area contributed by atoms with Crippen LogP contribution in [0.3, 0.4) is 0 Å². The van der Waals surface area contributed by atoms with Crippen LogP contribution in [0.4, 0.5) is 0 Å². The second-order valence-electron chi connectivity index (χ2n) is 4.94. The molecule has 22 heavy (non-hydrogen) atoms. The Morgan fingerprint density at radius 2 is 1.45 bits per heavy atom. The lowest BCUT2D eigenvalue weighted by atomic mass is 10.2. The molecule has 0 aliphatic rings. The smallest absolute Gasteiger partial charge is 0.244 e. The predicted molar refractivity (Wildman–Crippen MR) is 85.7 cm³/mol. The Labute approximate surface area is 150 Å². The lowest BCUT2D eigenvalue weighted by molar-refractivity contribution is -0.687. The average Bonchev–Trinajstić information content (AvgIpc) is 2.91. The quantitative estimate of drug-likeness (QED) is 0.584. The van der Waals surface area contributed by atoms with E-state index < -0.39 is 0 Å². The number of hydrogen-bond donors (Lipinski definition) is 0. The Hall–Kier alpha value is -1.29. The van der Waals surface area contributed by atoms with E-state index in [9.17, 15) is 0 Å². The number of nitrogens with zero attached hydrogens (tertiary/aromatic N) is 2. The van der Waals surface area contributed by atoms with Crippen molar-refractivity contribution in [1.82, 2.24) is 4.57 Å². The summed E-state index contributed by atoms with van der Waals surface area (Å²) in [5.41, 5.74) is 2.22. The maximum atomic E-state index is 6.19. The number of rotatable bonds is 4. The SMILES string of the molecule is Clc1ccccc1Cn1cc[n+](Cc2ccccc2Cl)c1.[Br-]. The van der Waals surface area contributed by atoms with Crippen molar-refractivity contribution in [2.45, 2.75) is 13.1 Å². The summed E-state index contributed by atoms with van der Waals surface area (Å²) in [6, 6.07) is 15.8. The highest BCUT2D eigenvalue weighted by atomic mass is 79.9. The van der Waals surface area contributed by atoms with Gasteiger partial charge in [-0.05, 0) is 12.1 Å². The van der Waals surface area contributed by atoms with Crippen LogP contribution in [0.25, 0.3) is 0 Å². The summed E-state index contributed by atoms with van der Waals surface area (Å²) in [6.45, 7) is 1.52. The van der Waals surface area contributed by atoms with Gasteiger partial charge in [0.2, 0.25) is 6.33 Å². The monoisotopic (exact) mass is 396 g/mol. The summed E-state index contributed by atoms with van der Waals surface area (Å²) in [6.07, 6.45) is 6.15. The summed E-state index contributed by atoms with van der Waals surface area (Å²) >= 11 is 12.4. The molecule has 0 saturated carbocycles. The van der Waals surface area contributed by atoms with Gasteiger partial charge < -0.3 is 17.0 Å². The van der Waals surface area contributed by atoms with Crippen LogP contribution in [0.15, 0.2) is 67.3 Å². The van der Waals surface area contributed by atoms with E-state index in [0.717, 1.165) is 34.3 Å². The van der Waals surface area contributed by atoms with Crippen LogP contribution in [0.1, 0.15) is 11.1 Å². The van der Waals surface area contributed by atoms with Crippen molar-refractivity contribution in [2.24, 2.45) is 0 Å². The molecule has 0 bridgehead atoms. The van der Waals surface area contributed by atoms with E-state index in [1.807, 2.05) is 60.9 Å². The Morgan fingerprint density at radius 1 is 0.864 bits per heavy atom. The largest absolute Gasteiger partial charge is 1.00 e. The van der Waals surface area contributed by atoms with Crippen LogP contribution < -0.4 is 21.5 Å². The maximum absolute atomic E-state index is 6.19. The first kappa shape index (κ1) is 17.1. The van der Waals surface area contributed by atoms with Gasteiger partial charge in [0, 0.05) is 21.2 Å². The molecule has 2 aromatic carbocycles. The maximum Gasteiger partial charge on any atom is 0.244 e. The molecule has 2 nitrogen and oxygen atoms in total. The van der Waals surface area contributed by atoms with Gasteiger partial charge in [-0.3, -0.25) is 0 Å². The summed E-state index contributed by atoms with van der Waals surface area (Å²) in [4.78, 5) is 0. The molecule has 0 N–H and O–H groups in total. The van der Waals surface area contributed by atoms with Crippen molar-refractivity contribution >= 4 is 23.2 Å². The zero-order chi connectivity index (χ0) is 14.7. The number of benzene rings is 2. The van der Waals surface area contributed by atoms with E-state index in [4.69, 9.17) is 23.2 Å². The first-order valence-electron chi connectivity index (χ1n) is 6.74. The Bertz CT molecular complexity index is 694. The molecule has 0 atom stereocenters. The molecule has 1 heterocycles. The van der Waals surface area contributed by atoms with E-state index in [0.29, 0.717) is 0 Å². The summed E-state index contributed by atoms with van der Waals surface area (Å²) in [7, 11) is 0. The van der Waals surface area contributed by atoms with Crippen molar-refractivity contribution in [2.75, 3.05) is 0 Å². The van der Waals surface area contributed by atoms with Crippen molar-refractivity contribution in [1.29, 1.82) is 0 Å². The van der Waals surface area contributed by atoms with Gasteiger partial charge in [0.15, 0.2) is 0 Å². The number of imidazole rings is 1. The van der Waals surface area contributed by atoms with Gasteiger partial charge in [-0.2, -0.15) is 0 Å². The molecule has 3 rings (SSSR count). The zero-order valence-electron chi connectivity index (χ0n) is 11.8. The van der Waals surface area contributed by atoms with Gasteiger partial charge in [-0.25, -0.2) is 9.13 Å². The lowest BCUT2D eigenvalue weighted by Gasteiger charge is -2.01. The highest BCUT2D eigenvalue weighted by molar-refractivity contribution is 6.31. The first-order chi connectivity index (χ1) is 10.2. The Kier molecular flexibility index (Phi) is 6.07. The topological polar surface area (TPSA) is 8.81 Å². The molecule has 0 unspecified atom stereocenters. The fraction of sp³-hybridized carbons (Fsp3) is 0.118. The normalized spacial score (nSPS) is 10.3. The van der Waals surface area contributed by atoms with E-state index in [2.05, 4.69) is 15.5 Å². The van der Waals surface area contributed by atoms with Gasteiger partial charge in [0.25, 0.3) is 0 Å². The van der Waals surface area contributed by atoms with E-state index in [-0.39, 0.29) is 17.0 Å². The number of halogens is 3. The predicted octanol–water partition coefficient (Wildman–Crippen LogP) is 1.18. The van der Waals surface area contributed by atoms with Crippen molar-refractivity contribution in [3.05, 3.63) is 88.4 Å². The molecule has 0 aliphatic carbocycles. The van der Waals surface area contributed by atoms with E-state index in [1.54, 1.807) is 0 Å². The van der Waals surface area contributed by atoms with Crippen LogP contribution in [-0.2, 0) is 13.1 Å². The summed E-state index contributed by atoms with van der Waals surface area (Å²) in [5.74, 6) is 0. The van der Waals surface area contributed by atoms with E-state index >= 15 is 0 Å². The molecule has 3 aromatic rings. The second-order valence-corrected chi connectivity index (χ2v) is 5.76. The fourth-order valence-electron chi connectivity index (χ4n) is 2.27. The Morgan fingerprint density at radius 3 is 2.09 bits per heavy atom. The van der Waals surface area contributed by atoms with Crippen LogP contribution in [0.5, 0.6) is 0 Å². The van der Waals surface area contributed by atoms with Gasteiger partial charge in [-0.1, -0.05) is 59.6 Å². The van der Waals surface area contributed by atoms with Gasteiger partial charge in [-0.15, -0.1) is 0 Å². The average molecular weight is 398 g/mol. The number of aromatic nitrogens is 2. The fourth-order valence-corrected chi connectivity index (χ4v) is 2.66. The standard InChI is InChI=1S/C17H15Cl2N2.BrH/c18-16-7-3-1-5-14(16)11-20-9-10-21(13-20)12-15-6-2-4-8-17(15)19;/h1-10,13H,11-12H2;1H/q+1;/p-1. The summed E-state index contributed by atoms with van der Waals surface area (Å²) in [5, 5.41) is 1.59. The third kappa shape index (κ3) is 4.13. The third-order valence-electron chi connectivity index (χ3n) is 3.37. The molecule has 0 amide bonds. The molecule has 0 fully saturated rings. The van der Waals surface area contributed by atoms with Crippen LogP contribution in [0, 0.1) is 0 Å². The third-order valence-corrected chi connectivity index (χ3v) is 4.11. The van der Waals surface area contributed by atoms with Crippen LogP contribution >= 0.6 is 23.2 Å². The molecule has 1 aromatic heterocycles. The molecular formula is C17H15BrCl2N2. The lowest BCUT2D eigenvalue weighted by Crippen LogP contribution is -3.00. The zero-order valence-corrected chi connectivity index (χ0v) is 14.9. The molecule has 0 aliphatic heterocycles. The van der Waals surface area contributed by atoms with Gasteiger partial charge in [0.05, 0.1) is 0 Å². The minimum atomic E-state index is 0. The molecule has 0 spiro atoms. The van der Waals surface area contributed by atoms with Crippen molar-refractivity contribution < 1.29 is 21.5 Å². The highest BCUT2D eigenvalue weighted by Crippen LogP contribution is 2.16. The summed E-state index contributed by atoms with van der Waals surface area (Å²) < 4.78 is 4.22. The molecule has 114 valence electrons. The molecule has 0 saturated heterocycles. The Balaban J connectivity index is 0.00000176.